The summed E-state index contributed by atoms with van der Waals surface area (Å²) in [5, 5.41) is 8.68. The van der Waals surface area contributed by atoms with E-state index >= 15 is 0 Å². The summed E-state index contributed by atoms with van der Waals surface area (Å²) in [6.45, 7) is 1.55. The van der Waals surface area contributed by atoms with Crippen LogP contribution < -0.4 is 0 Å². The molecule has 2 aliphatic rings. The van der Waals surface area contributed by atoms with Gasteiger partial charge in [0, 0.05) is 13.0 Å². The van der Waals surface area contributed by atoms with Crippen LogP contribution in [0.2, 0.25) is 0 Å². The fourth-order valence-electron chi connectivity index (χ4n) is 2.02. The molecule has 0 spiro atoms. The molecule has 0 aromatic rings. The zero-order chi connectivity index (χ0) is 8.01. The average molecular weight is 150 g/mol. The van der Waals surface area contributed by atoms with Crippen molar-refractivity contribution in [1.82, 2.24) is 4.90 Å². The number of amides is 1. The third kappa shape index (κ3) is 0.823. The van der Waals surface area contributed by atoms with Gasteiger partial charge in [0.05, 0.1) is 6.07 Å². The summed E-state index contributed by atoms with van der Waals surface area (Å²) in [6, 6.07) is 2.45. The molecule has 2 fully saturated rings. The molecule has 3 nitrogen and oxygen atoms in total. The molecule has 0 aromatic carbocycles. The second-order valence-electron chi connectivity index (χ2n) is 3.37. The van der Waals surface area contributed by atoms with Crippen LogP contribution in [0.5, 0.6) is 0 Å². The first-order chi connectivity index (χ1) is 5.24. The standard InChI is InChI=1S/C8H10N2O/c1-5(11)10-7(4-9)2-6-3-8(6)10/h6-8H,2-3H2,1H3/t6-,7-,8+/m1/s1. The first-order valence-electron chi connectivity index (χ1n) is 3.92. The van der Waals surface area contributed by atoms with Gasteiger partial charge in [0.2, 0.25) is 5.91 Å². The van der Waals surface area contributed by atoms with Crippen molar-refractivity contribution in [1.29, 1.82) is 5.26 Å². The minimum Gasteiger partial charge on any atom is -0.324 e. The number of nitriles is 1. The van der Waals surface area contributed by atoms with Crippen LogP contribution in [0.15, 0.2) is 0 Å². The van der Waals surface area contributed by atoms with Gasteiger partial charge < -0.3 is 4.90 Å². The highest BCUT2D eigenvalue weighted by atomic mass is 16.2. The van der Waals surface area contributed by atoms with Gasteiger partial charge in [-0.1, -0.05) is 0 Å². The van der Waals surface area contributed by atoms with Gasteiger partial charge in [0.25, 0.3) is 0 Å². The summed E-state index contributed by atoms with van der Waals surface area (Å²) < 4.78 is 0. The van der Waals surface area contributed by atoms with Gasteiger partial charge in [-0.15, -0.1) is 0 Å². The summed E-state index contributed by atoms with van der Waals surface area (Å²) in [6.07, 6.45) is 2.03. The number of rotatable bonds is 0. The molecule has 3 heteroatoms. The SMILES string of the molecule is CC(=O)N1[C@@H](C#N)C[C@@H]2C[C@@H]21. The normalized spacial score (nSPS) is 39.6. The van der Waals surface area contributed by atoms with Crippen molar-refractivity contribution in [3.8, 4) is 6.07 Å². The van der Waals surface area contributed by atoms with Crippen LogP contribution in [0.4, 0.5) is 0 Å². The molecule has 0 unspecified atom stereocenters. The van der Waals surface area contributed by atoms with Crippen LogP contribution in [-0.4, -0.2) is 22.9 Å². The highest BCUT2D eigenvalue weighted by Crippen LogP contribution is 2.47. The van der Waals surface area contributed by atoms with Gasteiger partial charge in [-0.25, -0.2) is 0 Å². The second kappa shape index (κ2) is 1.97. The number of carbonyl (C=O) groups excluding carboxylic acids is 1. The molecule has 58 valence electrons. The lowest BCUT2D eigenvalue weighted by atomic mass is 10.2. The maximum absolute atomic E-state index is 11.0. The minimum atomic E-state index is -0.128. The van der Waals surface area contributed by atoms with Gasteiger partial charge in [-0.2, -0.15) is 5.26 Å². The maximum Gasteiger partial charge on any atom is 0.220 e. The lowest BCUT2D eigenvalue weighted by molar-refractivity contribution is -0.129. The van der Waals surface area contributed by atoms with Gasteiger partial charge >= 0.3 is 0 Å². The Morgan fingerprint density at radius 3 is 2.82 bits per heavy atom. The van der Waals surface area contributed by atoms with Crippen molar-refractivity contribution in [2.24, 2.45) is 5.92 Å². The van der Waals surface area contributed by atoms with Gasteiger partial charge in [-0.05, 0) is 18.8 Å². The Morgan fingerprint density at radius 2 is 2.36 bits per heavy atom. The van der Waals surface area contributed by atoms with Crippen LogP contribution in [-0.2, 0) is 4.79 Å². The van der Waals surface area contributed by atoms with Gasteiger partial charge in [-0.3, -0.25) is 4.79 Å². The largest absolute Gasteiger partial charge is 0.324 e. The summed E-state index contributed by atoms with van der Waals surface area (Å²) in [5.41, 5.74) is 0. The van der Waals surface area contributed by atoms with E-state index in [2.05, 4.69) is 6.07 Å². The number of nitrogens with zero attached hydrogens (tertiary/aromatic N) is 2. The van der Waals surface area contributed by atoms with E-state index in [1.54, 1.807) is 11.8 Å². The Morgan fingerprint density at radius 1 is 1.64 bits per heavy atom. The second-order valence-corrected chi connectivity index (χ2v) is 3.37. The minimum absolute atomic E-state index is 0.0570. The number of hydrogen-bond donors (Lipinski definition) is 0. The predicted octanol–water partition coefficient (Wildman–Crippen LogP) is 0.519. The molecule has 3 atom stereocenters. The zero-order valence-corrected chi connectivity index (χ0v) is 6.45. The monoisotopic (exact) mass is 150 g/mol. The Balaban J connectivity index is 2.16. The van der Waals surface area contributed by atoms with Crippen LogP contribution in [0, 0.1) is 17.2 Å². The van der Waals surface area contributed by atoms with Crippen molar-refractivity contribution in [3.63, 3.8) is 0 Å². The van der Waals surface area contributed by atoms with Crippen molar-refractivity contribution in [2.45, 2.75) is 31.8 Å². The van der Waals surface area contributed by atoms with E-state index in [1.807, 2.05) is 0 Å². The van der Waals surface area contributed by atoms with Crippen LogP contribution >= 0.6 is 0 Å². The van der Waals surface area contributed by atoms with E-state index < -0.39 is 0 Å². The quantitative estimate of drug-likeness (QED) is 0.505. The molecule has 1 heterocycles. The Labute approximate surface area is 65.6 Å². The summed E-state index contributed by atoms with van der Waals surface area (Å²) in [4.78, 5) is 12.8. The molecule has 1 saturated carbocycles. The van der Waals surface area contributed by atoms with Crippen LogP contribution in [0.1, 0.15) is 19.8 Å². The molecule has 0 bridgehead atoms. The first kappa shape index (κ1) is 6.66. The Kier molecular flexibility index (Phi) is 1.19. The summed E-state index contributed by atoms with van der Waals surface area (Å²) in [7, 11) is 0. The van der Waals surface area contributed by atoms with E-state index in [1.165, 1.54) is 0 Å². The molecule has 2 rings (SSSR count). The summed E-state index contributed by atoms with van der Waals surface area (Å²) in [5.74, 6) is 0.699. The number of hydrogen-bond acceptors (Lipinski definition) is 2. The van der Waals surface area contributed by atoms with E-state index in [-0.39, 0.29) is 11.9 Å². The van der Waals surface area contributed by atoms with Gasteiger partial charge in [0.1, 0.15) is 6.04 Å². The van der Waals surface area contributed by atoms with Crippen molar-refractivity contribution in [3.05, 3.63) is 0 Å². The van der Waals surface area contributed by atoms with Gasteiger partial charge in [0.15, 0.2) is 0 Å². The first-order valence-corrected chi connectivity index (χ1v) is 3.92. The number of fused-ring (bicyclic) bond motifs is 1. The van der Waals surface area contributed by atoms with E-state index in [0.29, 0.717) is 12.0 Å². The molecular formula is C8H10N2O. The maximum atomic E-state index is 11.0. The Hall–Kier alpha value is -1.04. The third-order valence-electron chi connectivity index (χ3n) is 2.62. The summed E-state index contributed by atoms with van der Waals surface area (Å²) >= 11 is 0. The smallest absolute Gasteiger partial charge is 0.220 e. The van der Waals surface area contributed by atoms with Crippen LogP contribution in [0.3, 0.4) is 0 Å². The molecule has 11 heavy (non-hydrogen) atoms. The number of likely N-dealkylation sites (tertiary alicyclic amines) is 1. The predicted molar refractivity (Wildman–Crippen MR) is 38.4 cm³/mol. The highest BCUT2D eigenvalue weighted by Gasteiger charge is 2.53. The lowest BCUT2D eigenvalue weighted by Gasteiger charge is -2.20. The third-order valence-corrected chi connectivity index (χ3v) is 2.62. The fraction of sp³-hybridized carbons (Fsp3) is 0.750. The topological polar surface area (TPSA) is 44.1 Å². The molecule has 1 saturated heterocycles. The van der Waals surface area contributed by atoms with E-state index in [9.17, 15) is 4.79 Å². The molecule has 1 aliphatic heterocycles. The molecule has 0 aromatic heterocycles. The molecular weight excluding hydrogens is 140 g/mol. The van der Waals surface area contributed by atoms with Crippen molar-refractivity contribution < 1.29 is 4.79 Å². The lowest BCUT2D eigenvalue weighted by Crippen LogP contribution is -2.35. The van der Waals surface area contributed by atoms with E-state index in [4.69, 9.17) is 5.26 Å². The number of carbonyl (C=O) groups is 1. The van der Waals surface area contributed by atoms with E-state index in [0.717, 1.165) is 12.8 Å². The van der Waals surface area contributed by atoms with Crippen LogP contribution in [0.25, 0.3) is 0 Å². The average Bonchev–Trinajstić information content (AvgIpc) is 2.61. The fourth-order valence-corrected chi connectivity index (χ4v) is 2.02. The molecule has 0 radical (unpaired) electrons. The molecule has 1 aliphatic carbocycles. The molecule has 1 amide bonds. The zero-order valence-electron chi connectivity index (χ0n) is 6.45. The molecule has 0 N–H and O–H groups in total. The Bertz CT molecular complexity index is 243. The van der Waals surface area contributed by atoms with Crippen molar-refractivity contribution in [2.75, 3.05) is 0 Å². The highest BCUT2D eigenvalue weighted by molar-refractivity contribution is 5.75. The number of piperidine rings is 1. The van der Waals surface area contributed by atoms with Crippen molar-refractivity contribution >= 4 is 5.91 Å².